The van der Waals surface area contributed by atoms with Crippen LogP contribution in [0, 0.1) is 0 Å². The molecular weight excluding hydrogens is 293 g/mol. The van der Waals surface area contributed by atoms with Crippen LogP contribution in [0.25, 0.3) is 0 Å². The van der Waals surface area contributed by atoms with Crippen LogP contribution in [0.1, 0.15) is 32.6 Å². The largest absolute Gasteiger partial charge is 0.505 e. The maximum atomic E-state index is 6.07. The van der Waals surface area contributed by atoms with E-state index in [1.165, 1.54) is 0 Å². The van der Waals surface area contributed by atoms with Crippen molar-refractivity contribution in [2.75, 3.05) is 0 Å². The fourth-order valence-electron chi connectivity index (χ4n) is 2.18. The van der Waals surface area contributed by atoms with Crippen LogP contribution in [0.2, 0.25) is 0 Å². The highest BCUT2D eigenvalue weighted by atomic mass is 32.1. The number of hydrogen-bond acceptors (Lipinski definition) is 4. The van der Waals surface area contributed by atoms with Crippen molar-refractivity contribution in [1.82, 2.24) is 0 Å². The number of benzene rings is 1. The molecule has 1 aromatic heterocycles. The molecule has 114 valence electrons. The second kappa shape index (κ2) is 5.65. The molecule has 0 N–H and O–H groups in total. The van der Waals surface area contributed by atoms with Gasteiger partial charge in [0.25, 0.3) is 0 Å². The van der Waals surface area contributed by atoms with Gasteiger partial charge in [-0.25, -0.2) is 0 Å². The molecule has 1 aliphatic rings. The summed E-state index contributed by atoms with van der Waals surface area (Å²) in [6, 6.07) is 14.0. The summed E-state index contributed by atoms with van der Waals surface area (Å²) in [5.74, 6) is 0. The van der Waals surface area contributed by atoms with Gasteiger partial charge in [0.1, 0.15) is 0 Å². The van der Waals surface area contributed by atoms with Crippen LogP contribution >= 0.6 is 11.3 Å². The predicted octanol–water partition coefficient (Wildman–Crippen LogP) is 3.80. The molecule has 1 fully saturated rings. The fourth-order valence-corrected chi connectivity index (χ4v) is 3.02. The number of para-hydroxylation sites is 1. The van der Waals surface area contributed by atoms with E-state index in [4.69, 9.17) is 9.31 Å². The molecule has 3 rings (SSSR count). The van der Waals surface area contributed by atoms with Crippen LogP contribution in [0.3, 0.4) is 0 Å². The van der Waals surface area contributed by atoms with Gasteiger partial charge in [0.2, 0.25) is 0 Å². The number of aliphatic imine (C=N–C) groups is 1. The molecule has 0 amide bonds. The maximum absolute atomic E-state index is 6.07. The monoisotopic (exact) mass is 313 g/mol. The Labute approximate surface area is 136 Å². The van der Waals surface area contributed by atoms with Gasteiger partial charge in [0.15, 0.2) is 0 Å². The van der Waals surface area contributed by atoms with Crippen LogP contribution in [0.5, 0.6) is 0 Å². The first kappa shape index (κ1) is 15.5. The van der Waals surface area contributed by atoms with E-state index >= 15 is 0 Å². The van der Waals surface area contributed by atoms with Gasteiger partial charge in [-0.05, 0) is 45.9 Å². The molecule has 0 unspecified atom stereocenters. The van der Waals surface area contributed by atoms with Crippen LogP contribution in [0.4, 0.5) is 5.69 Å². The number of hydrogen-bond donors (Lipinski definition) is 0. The lowest BCUT2D eigenvalue weighted by Crippen LogP contribution is -2.41. The van der Waals surface area contributed by atoms with E-state index in [9.17, 15) is 0 Å². The van der Waals surface area contributed by atoms with E-state index in [1.807, 2.05) is 36.5 Å². The van der Waals surface area contributed by atoms with Gasteiger partial charge >= 0.3 is 7.12 Å². The normalized spacial score (nSPS) is 19.9. The van der Waals surface area contributed by atoms with Crippen molar-refractivity contribution in [2.24, 2.45) is 4.99 Å². The Balaban J connectivity index is 1.74. The lowest BCUT2D eigenvalue weighted by atomic mass is 9.88. The lowest BCUT2D eigenvalue weighted by molar-refractivity contribution is 0.00578. The molecule has 0 aliphatic carbocycles. The quantitative estimate of drug-likeness (QED) is 0.637. The van der Waals surface area contributed by atoms with Crippen molar-refractivity contribution >= 4 is 35.1 Å². The van der Waals surface area contributed by atoms with Crippen molar-refractivity contribution in [1.29, 1.82) is 0 Å². The predicted molar refractivity (Wildman–Crippen MR) is 93.7 cm³/mol. The van der Waals surface area contributed by atoms with Gasteiger partial charge in [0.05, 0.1) is 16.9 Å². The summed E-state index contributed by atoms with van der Waals surface area (Å²) in [4.78, 5) is 5.57. The van der Waals surface area contributed by atoms with E-state index in [-0.39, 0.29) is 18.3 Å². The molecule has 0 atom stereocenters. The Morgan fingerprint density at radius 2 is 1.59 bits per heavy atom. The van der Waals surface area contributed by atoms with Crippen molar-refractivity contribution in [3.8, 4) is 0 Å². The van der Waals surface area contributed by atoms with Gasteiger partial charge in [-0.1, -0.05) is 24.3 Å². The minimum absolute atomic E-state index is 0.297. The van der Waals surface area contributed by atoms with Crippen molar-refractivity contribution in [3.63, 3.8) is 0 Å². The second-order valence-corrected chi connectivity index (χ2v) is 7.57. The molecule has 3 nitrogen and oxygen atoms in total. The summed E-state index contributed by atoms with van der Waals surface area (Å²) in [5.41, 5.74) is 0.341. The number of rotatable bonds is 3. The SMILES string of the molecule is CC1(C)OB(c2ccc(C=Nc3ccccc3)s2)OC1(C)C. The Morgan fingerprint density at radius 3 is 2.23 bits per heavy atom. The standard InChI is InChI=1S/C17H20BNO2S/c1-16(2)17(3,4)21-18(20-16)15-11-10-14(22-15)12-19-13-8-6-5-7-9-13/h5-12H,1-4H3. The van der Waals surface area contributed by atoms with Crippen LogP contribution in [-0.4, -0.2) is 24.5 Å². The second-order valence-electron chi connectivity index (χ2n) is 6.42. The first-order chi connectivity index (χ1) is 10.4. The maximum Gasteiger partial charge on any atom is 0.505 e. The van der Waals surface area contributed by atoms with Crippen LogP contribution < -0.4 is 4.78 Å². The number of thiophene rings is 1. The fraction of sp³-hybridized carbons (Fsp3) is 0.353. The average Bonchev–Trinajstić information content (AvgIpc) is 3.01. The van der Waals surface area contributed by atoms with E-state index in [1.54, 1.807) is 11.3 Å². The van der Waals surface area contributed by atoms with Crippen molar-refractivity contribution in [2.45, 2.75) is 38.9 Å². The molecule has 0 spiro atoms. The lowest BCUT2D eigenvalue weighted by Gasteiger charge is -2.32. The minimum Gasteiger partial charge on any atom is -0.399 e. The zero-order valence-corrected chi connectivity index (χ0v) is 14.2. The van der Waals surface area contributed by atoms with Crippen LogP contribution in [0.15, 0.2) is 47.5 Å². The molecule has 2 aromatic rings. The molecule has 0 bridgehead atoms. The van der Waals surface area contributed by atoms with Crippen molar-refractivity contribution < 1.29 is 9.31 Å². The highest BCUT2D eigenvalue weighted by Gasteiger charge is 2.52. The summed E-state index contributed by atoms with van der Waals surface area (Å²) >= 11 is 1.65. The smallest absolute Gasteiger partial charge is 0.399 e. The first-order valence-corrected chi connectivity index (χ1v) is 8.23. The molecule has 2 heterocycles. The molecule has 5 heteroatoms. The van der Waals surface area contributed by atoms with E-state index in [0.29, 0.717) is 0 Å². The molecule has 1 saturated heterocycles. The molecule has 1 aromatic carbocycles. The molecular formula is C17H20BNO2S. The van der Waals surface area contributed by atoms with Gasteiger partial charge in [-0.15, -0.1) is 11.3 Å². The summed E-state index contributed by atoms with van der Waals surface area (Å²) in [5, 5.41) is 0. The molecule has 0 saturated carbocycles. The van der Waals surface area contributed by atoms with Gasteiger partial charge in [0, 0.05) is 15.9 Å². The molecule has 1 aliphatic heterocycles. The topological polar surface area (TPSA) is 30.8 Å². The van der Waals surface area contributed by atoms with Gasteiger partial charge < -0.3 is 9.31 Å². The summed E-state index contributed by atoms with van der Waals surface area (Å²) in [7, 11) is -0.297. The Hall–Kier alpha value is -1.43. The van der Waals surface area contributed by atoms with Gasteiger partial charge in [-0.3, -0.25) is 4.99 Å². The minimum atomic E-state index is -0.306. The van der Waals surface area contributed by atoms with Crippen molar-refractivity contribution in [3.05, 3.63) is 47.3 Å². The molecule has 22 heavy (non-hydrogen) atoms. The Morgan fingerprint density at radius 1 is 0.955 bits per heavy atom. The van der Waals surface area contributed by atoms with E-state index < -0.39 is 0 Å². The third-order valence-electron chi connectivity index (χ3n) is 4.23. The van der Waals surface area contributed by atoms with E-state index in [0.717, 1.165) is 15.3 Å². The zero-order valence-electron chi connectivity index (χ0n) is 13.4. The highest BCUT2D eigenvalue weighted by molar-refractivity contribution is 7.23. The summed E-state index contributed by atoms with van der Waals surface area (Å²) < 4.78 is 13.2. The van der Waals surface area contributed by atoms with E-state index in [2.05, 4.69) is 44.8 Å². The third-order valence-corrected chi connectivity index (χ3v) is 5.27. The Bertz CT molecular complexity index is 663. The summed E-state index contributed by atoms with van der Waals surface area (Å²) in [6.45, 7) is 8.27. The first-order valence-electron chi connectivity index (χ1n) is 7.42. The summed E-state index contributed by atoms with van der Waals surface area (Å²) in [6.07, 6.45) is 1.88. The van der Waals surface area contributed by atoms with Gasteiger partial charge in [-0.2, -0.15) is 0 Å². The highest BCUT2D eigenvalue weighted by Crippen LogP contribution is 2.36. The van der Waals surface area contributed by atoms with Crippen LogP contribution in [-0.2, 0) is 9.31 Å². The molecule has 0 radical (unpaired) electrons. The zero-order chi connectivity index (χ0) is 15.8. The number of nitrogens with zero attached hydrogens (tertiary/aromatic N) is 1. The average molecular weight is 313 g/mol. The third kappa shape index (κ3) is 3.02. The Kier molecular flexibility index (Phi) is 3.97.